The Morgan fingerprint density at radius 2 is 1.70 bits per heavy atom. The van der Waals surface area contributed by atoms with Gasteiger partial charge in [-0.2, -0.15) is 5.10 Å². The normalized spacial score (nSPS) is 10.8. The monoisotopic (exact) mass is 417 g/mol. The molecule has 150 valence electrons. The number of hydrogen-bond acceptors (Lipinski definition) is 3. The first-order chi connectivity index (χ1) is 14.6. The molecule has 0 radical (unpaired) electrons. The maximum Gasteiger partial charge on any atom is 0.267 e. The van der Waals surface area contributed by atoms with Crippen molar-refractivity contribution in [3.05, 3.63) is 99.8 Å². The van der Waals surface area contributed by atoms with Gasteiger partial charge in [0.25, 0.3) is 5.56 Å². The second-order valence-corrected chi connectivity index (χ2v) is 7.44. The Morgan fingerprint density at radius 3 is 2.50 bits per heavy atom. The third kappa shape index (κ3) is 4.75. The van der Waals surface area contributed by atoms with Crippen LogP contribution < -0.4 is 10.9 Å². The highest BCUT2D eigenvalue weighted by Gasteiger charge is 2.08. The average Bonchev–Trinajstić information content (AvgIpc) is 2.76. The van der Waals surface area contributed by atoms with E-state index in [0.717, 1.165) is 21.9 Å². The van der Waals surface area contributed by atoms with Crippen molar-refractivity contribution in [2.45, 2.75) is 13.0 Å². The van der Waals surface area contributed by atoms with E-state index < -0.39 is 0 Å². The van der Waals surface area contributed by atoms with Gasteiger partial charge in [-0.1, -0.05) is 60.1 Å². The van der Waals surface area contributed by atoms with Crippen LogP contribution in [0.5, 0.6) is 0 Å². The summed E-state index contributed by atoms with van der Waals surface area (Å²) in [6.07, 6.45) is 0.683. The zero-order valence-electron chi connectivity index (χ0n) is 16.2. The number of nitrogens with zero attached hydrogens (tertiary/aromatic N) is 2. The number of hydrogen-bond donors (Lipinski definition) is 1. The fourth-order valence-electron chi connectivity index (χ4n) is 3.25. The van der Waals surface area contributed by atoms with Crippen molar-refractivity contribution in [1.82, 2.24) is 15.1 Å². The van der Waals surface area contributed by atoms with Gasteiger partial charge < -0.3 is 5.32 Å². The SMILES string of the molecule is O=C(Cn1nc(-c2ccc3ccccc3c2)ccc1=O)NCCc1ccc(Cl)cc1. The Hall–Kier alpha value is -3.44. The largest absolute Gasteiger partial charge is 0.354 e. The lowest BCUT2D eigenvalue weighted by Gasteiger charge is -2.09. The minimum absolute atomic E-state index is 0.124. The summed E-state index contributed by atoms with van der Waals surface area (Å²) in [6.45, 7) is 0.348. The molecule has 4 aromatic rings. The molecule has 0 aliphatic heterocycles. The maximum atomic E-state index is 12.3. The van der Waals surface area contributed by atoms with E-state index in [-0.39, 0.29) is 18.0 Å². The van der Waals surface area contributed by atoms with E-state index >= 15 is 0 Å². The van der Waals surface area contributed by atoms with E-state index in [4.69, 9.17) is 11.6 Å². The summed E-state index contributed by atoms with van der Waals surface area (Å²) < 4.78 is 1.20. The Kier molecular flexibility index (Phi) is 5.91. The van der Waals surface area contributed by atoms with Crippen LogP contribution in [0.25, 0.3) is 22.0 Å². The van der Waals surface area contributed by atoms with Gasteiger partial charge in [0, 0.05) is 23.2 Å². The number of carbonyl (C=O) groups excluding carboxylic acids is 1. The van der Waals surface area contributed by atoms with Crippen LogP contribution in [-0.4, -0.2) is 22.2 Å². The molecular weight excluding hydrogens is 398 g/mol. The molecule has 0 spiro atoms. The first-order valence-electron chi connectivity index (χ1n) is 9.67. The fourth-order valence-corrected chi connectivity index (χ4v) is 3.38. The summed E-state index contributed by atoms with van der Waals surface area (Å²) in [5.74, 6) is -0.255. The summed E-state index contributed by atoms with van der Waals surface area (Å²) in [5, 5.41) is 10.1. The van der Waals surface area contributed by atoms with Crippen LogP contribution in [-0.2, 0) is 17.8 Å². The number of carbonyl (C=O) groups is 1. The van der Waals surface area contributed by atoms with Crippen LogP contribution in [0.1, 0.15) is 5.56 Å². The number of benzene rings is 3. The lowest BCUT2D eigenvalue weighted by atomic mass is 10.1. The number of rotatable bonds is 6. The zero-order chi connectivity index (χ0) is 20.9. The Labute approximate surface area is 178 Å². The third-order valence-corrected chi connectivity index (χ3v) is 5.11. The highest BCUT2D eigenvalue weighted by atomic mass is 35.5. The molecule has 1 amide bonds. The number of amides is 1. The van der Waals surface area contributed by atoms with Gasteiger partial charge in [-0.25, -0.2) is 4.68 Å². The molecule has 0 saturated carbocycles. The molecule has 0 atom stereocenters. The van der Waals surface area contributed by atoms with Crippen molar-refractivity contribution < 1.29 is 4.79 Å². The lowest BCUT2D eigenvalue weighted by molar-refractivity contribution is -0.121. The molecule has 0 aliphatic rings. The minimum Gasteiger partial charge on any atom is -0.354 e. The predicted molar refractivity (Wildman–Crippen MR) is 120 cm³/mol. The van der Waals surface area contributed by atoms with E-state index in [1.165, 1.54) is 10.7 Å². The molecule has 1 aromatic heterocycles. The van der Waals surface area contributed by atoms with Crippen LogP contribution in [0.2, 0.25) is 5.02 Å². The van der Waals surface area contributed by atoms with Crippen molar-refractivity contribution in [1.29, 1.82) is 0 Å². The van der Waals surface area contributed by atoms with Crippen molar-refractivity contribution in [3.8, 4) is 11.3 Å². The average molecular weight is 418 g/mol. The molecule has 1 N–H and O–H groups in total. The second-order valence-electron chi connectivity index (χ2n) is 7.00. The molecule has 1 heterocycles. The maximum absolute atomic E-state index is 12.3. The summed E-state index contributed by atoms with van der Waals surface area (Å²) in [5.41, 5.74) is 2.31. The molecule has 5 nitrogen and oxygen atoms in total. The number of fused-ring (bicyclic) bond motifs is 1. The molecule has 0 bridgehead atoms. The van der Waals surface area contributed by atoms with Gasteiger partial charge in [0.1, 0.15) is 6.54 Å². The van der Waals surface area contributed by atoms with Crippen molar-refractivity contribution in [2.75, 3.05) is 6.54 Å². The number of halogens is 1. The van der Waals surface area contributed by atoms with Gasteiger partial charge in [-0.05, 0) is 47.0 Å². The molecule has 0 saturated heterocycles. The molecule has 30 heavy (non-hydrogen) atoms. The van der Waals surface area contributed by atoms with Crippen LogP contribution in [0.15, 0.2) is 83.7 Å². The molecule has 4 rings (SSSR count). The number of nitrogens with one attached hydrogen (secondary N) is 1. The second kappa shape index (κ2) is 8.93. The highest BCUT2D eigenvalue weighted by molar-refractivity contribution is 6.30. The summed E-state index contributed by atoms with van der Waals surface area (Å²) in [7, 11) is 0. The summed E-state index contributed by atoms with van der Waals surface area (Å²) in [4.78, 5) is 24.5. The van der Waals surface area contributed by atoms with Crippen LogP contribution in [0.4, 0.5) is 0 Å². The lowest BCUT2D eigenvalue weighted by Crippen LogP contribution is -2.34. The Morgan fingerprint density at radius 1 is 0.933 bits per heavy atom. The van der Waals surface area contributed by atoms with E-state index in [2.05, 4.69) is 10.4 Å². The van der Waals surface area contributed by atoms with Gasteiger partial charge in [-0.15, -0.1) is 0 Å². The molecular formula is C24H20ClN3O2. The van der Waals surface area contributed by atoms with E-state index in [9.17, 15) is 9.59 Å². The quantitative estimate of drug-likeness (QED) is 0.514. The van der Waals surface area contributed by atoms with Crippen molar-refractivity contribution in [2.24, 2.45) is 0 Å². The summed E-state index contributed by atoms with van der Waals surface area (Å²) in [6, 6.07) is 24.7. The van der Waals surface area contributed by atoms with Gasteiger partial charge in [-0.3, -0.25) is 9.59 Å². The topological polar surface area (TPSA) is 64.0 Å². The molecule has 3 aromatic carbocycles. The van der Waals surface area contributed by atoms with E-state index in [1.54, 1.807) is 6.07 Å². The fraction of sp³-hybridized carbons (Fsp3) is 0.125. The van der Waals surface area contributed by atoms with Gasteiger partial charge >= 0.3 is 0 Å². The van der Waals surface area contributed by atoms with Gasteiger partial charge in [0.2, 0.25) is 5.91 Å². The van der Waals surface area contributed by atoms with Gasteiger partial charge in [0.05, 0.1) is 5.69 Å². The van der Waals surface area contributed by atoms with Crippen molar-refractivity contribution in [3.63, 3.8) is 0 Å². The van der Waals surface area contributed by atoms with Crippen LogP contribution in [0.3, 0.4) is 0 Å². The first kappa shape index (κ1) is 19.9. The molecule has 0 aliphatic carbocycles. The Balaban J connectivity index is 1.44. The summed E-state index contributed by atoms with van der Waals surface area (Å²) >= 11 is 5.88. The molecule has 6 heteroatoms. The smallest absolute Gasteiger partial charge is 0.267 e. The van der Waals surface area contributed by atoms with E-state index in [0.29, 0.717) is 23.7 Å². The number of aromatic nitrogens is 2. The standard InChI is InChI=1S/C24H20ClN3O2/c25-21-9-5-17(6-10-21)13-14-26-23(29)16-28-24(30)12-11-22(27-28)20-8-7-18-3-1-2-4-19(18)15-20/h1-12,15H,13-14,16H2,(H,26,29). The van der Waals surface area contributed by atoms with Crippen LogP contribution >= 0.6 is 11.6 Å². The van der Waals surface area contributed by atoms with Gasteiger partial charge in [0.15, 0.2) is 0 Å². The third-order valence-electron chi connectivity index (χ3n) is 4.85. The van der Waals surface area contributed by atoms with Crippen LogP contribution in [0, 0.1) is 0 Å². The highest BCUT2D eigenvalue weighted by Crippen LogP contribution is 2.22. The molecule has 0 fully saturated rings. The van der Waals surface area contributed by atoms with E-state index in [1.807, 2.05) is 66.7 Å². The first-order valence-corrected chi connectivity index (χ1v) is 10.0. The van der Waals surface area contributed by atoms with Crippen molar-refractivity contribution >= 4 is 28.3 Å². The minimum atomic E-state index is -0.313. The zero-order valence-corrected chi connectivity index (χ0v) is 17.0. The Bertz CT molecular complexity index is 1250. The molecule has 0 unspecified atom stereocenters. The predicted octanol–water partition coefficient (Wildman–Crippen LogP) is 4.08.